The van der Waals surface area contributed by atoms with Crippen LogP contribution in [0.2, 0.25) is 0 Å². The predicted molar refractivity (Wildman–Crippen MR) is 118 cm³/mol. The van der Waals surface area contributed by atoms with Gasteiger partial charge in [0.2, 0.25) is 0 Å². The second-order valence-corrected chi connectivity index (χ2v) is 9.65. The summed E-state index contributed by atoms with van der Waals surface area (Å²) in [4.78, 5) is 4.86. The van der Waals surface area contributed by atoms with Crippen LogP contribution in [0.25, 0.3) is 0 Å². The largest absolute Gasteiger partial charge is 0.306 e. The van der Waals surface area contributed by atoms with Crippen molar-refractivity contribution in [2.75, 3.05) is 40.3 Å². The molecule has 0 unspecified atom stereocenters. The average Bonchev–Trinajstić information content (AvgIpc) is 3.18. The number of hydrogen-bond donors (Lipinski definition) is 0. The minimum absolute atomic E-state index is 0.732. The van der Waals surface area contributed by atoms with Crippen molar-refractivity contribution >= 4 is 0 Å². The molecule has 0 bridgehead atoms. The van der Waals surface area contributed by atoms with Crippen LogP contribution in [0.3, 0.4) is 0 Å². The number of nitrogens with zero attached hydrogens (tertiary/aromatic N) is 2. The summed E-state index contributed by atoms with van der Waals surface area (Å²) in [5, 5.41) is 0. The number of allylic oxidation sites excluding steroid dienone is 3. The summed E-state index contributed by atoms with van der Waals surface area (Å²) in [6.45, 7) is 14.1. The summed E-state index contributed by atoms with van der Waals surface area (Å²) in [5.41, 5.74) is 9.98. The molecule has 2 nitrogen and oxygen atoms in total. The molecule has 0 saturated carbocycles. The standard InChI is InChI=1S/C13H21N.C12H19N/c1-10(2)13-8-11-4-6-14(3)7-5-12(11)9-13;1-9(2)11-6-10-4-5-13(3)8-12(10)7-11/h8,10H,4-7,9H2,1-3H3;7,9H,4-6,8H2,1-3H3. The van der Waals surface area contributed by atoms with Gasteiger partial charge in [0, 0.05) is 26.2 Å². The molecule has 150 valence electrons. The Bertz CT molecular complexity index is 672. The normalized spacial score (nSPS) is 23.9. The van der Waals surface area contributed by atoms with Crippen molar-refractivity contribution in [3.05, 3.63) is 45.6 Å². The quantitative estimate of drug-likeness (QED) is 0.626. The Labute approximate surface area is 167 Å². The highest BCUT2D eigenvalue weighted by Crippen LogP contribution is 2.35. The van der Waals surface area contributed by atoms with Crippen molar-refractivity contribution in [3.8, 4) is 0 Å². The molecule has 2 heterocycles. The van der Waals surface area contributed by atoms with Crippen LogP contribution in [-0.2, 0) is 0 Å². The van der Waals surface area contributed by atoms with E-state index in [-0.39, 0.29) is 0 Å². The highest BCUT2D eigenvalue weighted by atomic mass is 15.1. The SMILES string of the molecule is CC(C)C1=CC2=C(CCN(C)C2)C1.CC(C)C1=CC2=C(CCN(C)CC2)C1. The summed E-state index contributed by atoms with van der Waals surface area (Å²) < 4.78 is 0. The van der Waals surface area contributed by atoms with Crippen molar-refractivity contribution in [3.63, 3.8) is 0 Å². The molecular formula is C25H40N2. The second kappa shape index (κ2) is 8.92. The van der Waals surface area contributed by atoms with Crippen molar-refractivity contribution in [2.45, 2.75) is 59.8 Å². The predicted octanol–water partition coefficient (Wildman–Crippen LogP) is 5.60. The Kier molecular flexibility index (Phi) is 6.81. The Morgan fingerprint density at radius 2 is 1.15 bits per heavy atom. The van der Waals surface area contributed by atoms with Crippen molar-refractivity contribution in [1.29, 1.82) is 0 Å². The van der Waals surface area contributed by atoms with Gasteiger partial charge in [0.25, 0.3) is 0 Å². The number of likely N-dealkylation sites (N-methyl/N-ethyl adjacent to an activating group) is 1. The van der Waals surface area contributed by atoms with Crippen LogP contribution in [0.4, 0.5) is 0 Å². The Balaban J connectivity index is 0.000000156. The summed E-state index contributed by atoms with van der Waals surface area (Å²) in [6.07, 6.45) is 11.3. The van der Waals surface area contributed by atoms with E-state index in [2.05, 4.69) is 63.7 Å². The van der Waals surface area contributed by atoms with Crippen LogP contribution < -0.4 is 0 Å². The maximum atomic E-state index is 2.47. The topological polar surface area (TPSA) is 6.48 Å². The first-order valence-corrected chi connectivity index (χ1v) is 11.0. The molecule has 27 heavy (non-hydrogen) atoms. The molecule has 0 aromatic heterocycles. The third-order valence-electron chi connectivity index (χ3n) is 6.74. The Morgan fingerprint density at radius 3 is 1.74 bits per heavy atom. The van der Waals surface area contributed by atoms with E-state index < -0.39 is 0 Å². The van der Waals surface area contributed by atoms with Crippen LogP contribution in [0.5, 0.6) is 0 Å². The van der Waals surface area contributed by atoms with Gasteiger partial charge in [0.15, 0.2) is 0 Å². The van der Waals surface area contributed by atoms with Gasteiger partial charge in [-0.05, 0) is 69.2 Å². The van der Waals surface area contributed by atoms with E-state index in [0.29, 0.717) is 0 Å². The maximum Gasteiger partial charge on any atom is 0.0230 e. The summed E-state index contributed by atoms with van der Waals surface area (Å²) in [6, 6.07) is 0. The molecule has 2 aliphatic heterocycles. The summed E-state index contributed by atoms with van der Waals surface area (Å²) >= 11 is 0. The monoisotopic (exact) mass is 368 g/mol. The highest BCUT2D eigenvalue weighted by molar-refractivity contribution is 5.42. The molecule has 2 aliphatic carbocycles. The molecule has 0 fully saturated rings. The molecule has 0 saturated heterocycles. The minimum atomic E-state index is 0.732. The van der Waals surface area contributed by atoms with Crippen LogP contribution in [0.15, 0.2) is 45.6 Å². The van der Waals surface area contributed by atoms with Crippen molar-refractivity contribution in [2.24, 2.45) is 11.8 Å². The van der Waals surface area contributed by atoms with Gasteiger partial charge in [-0.2, -0.15) is 0 Å². The van der Waals surface area contributed by atoms with Gasteiger partial charge in [0.05, 0.1) is 0 Å². The molecule has 4 rings (SSSR count). The fourth-order valence-corrected chi connectivity index (χ4v) is 4.56. The van der Waals surface area contributed by atoms with E-state index in [4.69, 9.17) is 0 Å². The molecule has 0 atom stereocenters. The van der Waals surface area contributed by atoms with Gasteiger partial charge < -0.3 is 9.80 Å². The molecule has 0 aromatic carbocycles. The molecule has 0 aromatic rings. The molecule has 2 heteroatoms. The first-order valence-electron chi connectivity index (χ1n) is 11.0. The average molecular weight is 369 g/mol. The number of rotatable bonds is 2. The third-order valence-corrected chi connectivity index (χ3v) is 6.74. The van der Waals surface area contributed by atoms with E-state index in [9.17, 15) is 0 Å². The highest BCUT2D eigenvalue weighted by Gasteiger charge is 2.22. The summed E-state index contributed by atoms with van der Waals surface area (Å²) in [7, 11) is 4.44. The third kappa shape index (κ3) is 5.23. The summed E-state index contributed by atoms with van der Waals surface area (Å²) in [5.74, 6) is 1.47. The lowest BCUT2D eigenvalue weighted by Crippen LogP contribution is -2.26. The molecule has 4 aliphatic rings. The van der Waals surface area contributed by atoms with Crippen LogP contribution in [0.1, 0.15) is 59.8 Å². The second-order valence-electron chi connectivity index (χ2n) is 9.65. The van der Waals surface area contributed by atoms with Crippen LogP contribution in [-0.4, -0.2) is 50.1 Å². The van der Waals surface area contributed by atoms with Crippen LogP contribution >= 0.6 is 0 Å². The van der Waals surface area contributed by atoms with Gasteiger partial charge in [0.1, 0.15) is 0 Å². The van der Waals surface area contributed by atoms with Gasteiger partial charge in [-0.3, -0.25) is 0 Å². The van der Waals surface area contributed by atoms with Gasteiger partial charge in [-0.15, -0.1) is 0 Å². The molecule has 0 amide bonds. The molecule has 0 radical (unpaired) electrons. The van der Waals surface area contributed by atoms with Crippen molar-refractivity contribution in [1.82, 2.24) is 9.80 Å². The molecular weight excluding hydrogens is 328 g/mol. The zero-order valence-corrected chi connectivity index (χ0v) is 18.6. The Hall–Kier alpha value is -1.12. The van der Waals surface area contributed by atoms with E-state index in [1.54, 1.807) is 33.4 Å². The first-order chi connectivity index (χ1) is 12.8. The van der Waals surface area contributed by atoms with E-state index in [0.717, 1.165) is 11.8 Å². The van der Waals surface area contributed by atoms with Gasteiger partial charge in [-0.25, -0.2) is 0 Å². The first kappa shape index (κ1) is 20.6. The zero-order chi connectivity index (χ0) is 19.6. The lowest BCUT2D eigenvalue weighted by atomic mass is 9.98. The number of hydrogen-bond acceptors (Lipinski definition) is 2. The van der Waals surface area contributed by atoms with E-state index >= 15 is 0 Å². The molecule has 0 spiro atoms. The Morgan fingerprint density at radius 1 is 0.667 bits per heavy atom. The maximum absolute atomic E-state index is 2.47. The van der Waals surface area contributed by atoms with Crippen molar-refractivity contribution < 1.29 is 0 Å². The minimum Gasteiger partial charge on any atom is -0.306 e. The van der Waals surface area contributed by atoms with Gasteiger partial charge in [-0.1, -0.05) is 62.1 Å². The lowest BCUT2D eigenvalue weighted by molar-refractivity contribution is 0.351. The lowest BCUT2D eigenvalue weighted by Gasteiger charge is -2.23. The van der Waals surface area contributed by atoms with Gasteiger partial charge >= 0.3 is 0 Å². The van der Waals surface area contributed by atoms with E-state index in [1.165, 1.54) is 58.3 Å². The smallest absolute Gasteiger partial charge is 0.0230 e. The van der Waals surface area contributed by atoms with E-state index in [1.807, 2.05) is 0 Å². The fraction of sp³-hybridized carbons (Fsp3) is 0.680. The van der Waals surface area contributed by atoms with Crippen LogP contribution in [0, 0.1) is 11.8 Å². The zero-order valence-electron chi connectivity index (χ0n) is 18.6. The fourth-order valence-electron chi connectivity index (χ4n) is 4.56. The molecule has 0 N–H and O–H groups in total.